The van der Waals surface area contributed by atoms with E-state index in [2.05, 4.69) is 31.2 Å². The highest BCUT2D eigenvalue weighted by molar-refractivity contribution is 9.10. The summed E-state index contributed by atoms with van der Waals surface area (Å²) in [5, 5.41) is 4.09. The van der Waals surface area contributed by atoms with Crippen LogP contribution in [-0.2, 0) is 27.0 Å². The van der Waals surface area contributed by atoms with Crippen LogP contribution in [0, 0.1) is 5.82 Å². The van der Waals surface area contributed by atoms with E-state index in [-0.39, 0.29) is 18.2 Å². The molecule has 1 aliphatic rings. The molecule has 12 heteroatoms. The summed E-state index contributed by atoms with van der Waals surface area (Å²) < 4.78 is 60.4. The third kappa shape index (κ3) is 6.63. The molecule has 1 N–H and O–H groups in total. The van der Waals surface area contributed by atoms with Crippen LogP contribution in [0.15, 0.2) is 77.7 Å². The lowest BCUT2D eigenvalue weighted by Crippen LogP contribution is -2.53. The van der Waals surface area contributed by atoms with Crippen LogP contribution < -0.4 is 14.8 Å². The Morgan fingerprint density at radius 1 is 1.11 bits per heavy atom. The molecule has 0 saturated heterocycles. The van der Waals surface area contributed by atoms with Crippen molar-refractivity contribution in [1.82, 2.24) is 14.3 Å². The maximum atomic E-state index is 13.6. The van der Waals surface area contributed by atoms with Gasteiger partial charge in [0.15, 0.2) is 5.60 Å². The van der Waals surface area contributed by atoms with Crippen molar-refractivity contribution in [3.63, 3.8) is 0 Å². The molecule has 0 amide bonds. The number of halogens is 2. The fourth-order valence-corrected chi connectivity index (χ4v) is 7.78. The van der Waals surface area contributed by atoms with Crippen molar-refractivity contribution in [3.8, 4) is 11.5 Å². The second kappa shape index (κ2) is 13.7. The minimum absolute atomic E-state index is 0.0121. The first-order chi connectivity index (χ1) is 21.6. The van der Waals surface area contributed by atoms with E-state index in [0.29, 0.717) is 57.6 Å². The molecule has 2 unspecified atom stereocenters. The molecule has 5 rings (SSSR count). The van der Waals surface area contributed by atoms with Gasteiger partial charge in [0.1, 0.15) is 36.1 Å². The van der Waals surface area contributed by atoms with E-state index in [1.807, 2.05) is 50.3 Å². The minimum atomic E-state index is -3.53. The van der Waals surface area contributed by atoms with E-state index < -0.39 is 21.7 Å². The van der Waals surface area contributed by atoms with Crippen molar-refractivity contribution in [1.29, 1.82) is 0 Å². The molecular formula is C33H36BrFN4O5S. The van der Waals surface area contributed by atoms with Crippen molar-refractivity contribution >= 4 is 48.4 Å². The second-order valence-corrected chi connectivity index (χ2v) is 13.7. The predicted octanol–water partition coefficient (Wildman–Crippen LogP) is 7.44. The van der Waals surface area contributed by atoms with Gasteiger partial charge in [-0.2, -0.15) is 4.31 Å². The van der Waals surface area contributed by atoms with Crippen molar-refractivity contribution < 1.29 is 27.0 Å². The molecule has 45 heavy (non-hydrogen) atoms. The molecule has 3 aromatic carbocycles. The fourth-order valence-electron chi connectivity index (χ4n) is 5.85. The molecule has 1 aromatic heterocycles. The highest BCUT2D eigenvalue weighted by Crippen LogP contribution is 2.47. The number of nitrogens with one attached hydrogen (secondary N) is 1. The second-order valence-electron chi connectivity index (χ2n) is 10.6. The summed E-state index contributed by atoms with van der Waals surface area (Å²) in [7, 11) is -1.95. The van der Waals surface area contributed by atoms with Crippen LogP contribution in [0.25, 0.3) is 10.9 Å². The van der Waals surface area contributed by atoms with Crippen LogP contribution in [0.4, 0.5) is 15.9 Å². The lowest BCUT2D eigenvalue weighted by molar-refractivity contribution is -0.0253. The molecule has 0 fully saturated rings. The molecule has 2 atom stereocenters. The number of nitrogens with zero attached hydrogens (tertiary/aromatic N) is 3. The van der Waals surface area contributed by atoms with Gasteiger partial charge in [0.2, 0.25) is 10.0 Å². The number of benzene rings is 3. The number of hydrogen-bond donors (Lipinski definition) is 1. The molecule has 9 nitrogen and oxygen atoms in total. The van der Waals surface area contributed by atoms with Gasteiger partial charge in [-0.25, -0.2) is 22.8 Å². The summed E-state index contributed by atoms with van der Waals surface area (Å²) in [4.78, 5) is 9.04. The van der Waals surface area contributed by atoms with Gasteiger partial charge < -0.3 is 19.5 Å². The van der Waals surface area contributed by atoms with Gasteiger partial charge >= 0.3 is 0 Å². The molecule has 0 radical (unpaired) electrons. The number of methoxy groups -OCH3 is 1. The molecule has 1 aliphatic heterocycles. The van der Waals surface area contributed by atoms with Crippen LogP contribution >= 0.6 is 15.9 Å². The number of fused-ring (bicyclic) bond motifs is 1. The molecule has 2 heterocycles. The standard InChI is InChI=1S/C33H36BrFN4O5S/c1-5-31(39(6-2)45(40,41)7-3)33(14-9-15-44-33)26-18-25-28(19-30(26)42-4)36-21-37-32(25)38-24-12-13-29(27(34)17-24)43-20-22-10-8-11-23(35)16-22/h8-13,15-19,21,31H,5-7,14,20H2,1-4H3,(H,36,37,38). The fraction of sp³-hybridized carbons (Fsp3) is 0.333. The van der Waals surface area contributed by atoms with Gasteiger partial charge in [-0.15, -0.1) is 0 Å². The van der Waals surface area contributed by atoms with Crippen molar-refractivity contribution in [2.24, 2.45) is 0 Å². The van der Waals surface area contributed by atoms with Gasteiger partial charge in [0, 0.05) is 35.7 Å². The average molecular weight is 700 g/mol. The zero-order chi connectivity index (χ0) is 32.2. The van der Waals surface area contributed by atoms with Crippen molar-refractivity contribution in [2.45, 2.75) is 51.9 Å². The van der Waals surface area contributed by atoms with Gasteiger partial charge in [-0.1, -0.05) is 26.0 Å². The number of rotatable bonds is 13. The van der Waals surface area contributed by atoms with Gasteiger partial charge in [-0.3, -0.25) is 0 Å². The Bertz CT molecular complexity index is 1810. The lowest BCUT2D eigenvalue weighted by Gasteiger charge is -2.42. The van der Waals surface area contributed by atoms with E-state index in [1.54, 1.807) is 36.7 Å². The van der Waals surface area contributed by atoms with E-state index in [9.17, 15) is 12.8 Å². The summed E-state index contributed by atoms with van der Waals surface area (Å²) in [5.41, 5.74) is 1.79. The summed E-state index contributed by atoms with van der Waals surface area (Å²) in [6.07, 6.45) is 6.00. The highest BCUT2D eigenvalue weighted by atomic mass is 79.9. The largest absolute Gasteiger partial charge is 0.496 e. The first kappa shape index (κ1) is 32.6. The maximum Gasteiger partial charge on any atom is 0.214 e. The zero-order valence-corrected chi connectivity index (χ0v) is 28.0. The Balaban J connectivity index is 1.51. The van der Waals surface area contributed by atoms with Crippen LogP contribution in [0.5, 0.6) is 11.5 Å². The first-order valence-corrected chi connectivity index (χ1v) is 17.1. The Labute approximate surface area is 271 Å². The number of aromatic nitrogens is 2. The van der Waals surface area contributed by atoms with Gasteiger partial charge in [0.05, 0.1) is 35.2 Å². The van der Waals surface area contributed by atoms with Crippen LogP contribution in [0.3, 0.4) is 0 Å². The van der Waals surface area contributed by atoms with Crippen molar-refractivity contribution in [3.05, 3.63) is 94.7 Å². The van der Waals surface area contributed by atoms with E-state index in [4.69, 9.17) is 14.2 Å². The average Bonchev–Trinajstić information content (AvgIpc) is 3.53. The van der Waals surface area contributed by atoms with E-state index >= 15 is 0 Å². The quantitative estimate of drug-likeness (QED) is 0.154. The SMILES string of the molecule is CCC(N(CC)S(=O)(=O)CC)C1(c2cc3c(Nc4ccc(OCc5cccc(F)c5)c(Br)c4)ncnc3cc2OC)CC=CO1. The van der Waals surface area contributed by atoms with Crippen LogP contribution in [0.1, 0.15) is 44.7 Å². The molecule has 238 valence electrons. The molecule has 0 spiro atoms. The summed E-state index contributed by atoms with van der Waals surface area (Å²) in [6.45, 7) is 5.99. The molecule has 4 aromatic rings. The number of anilines is 2. The third-order valence-electron chi connectivity index (χ3n) is 7.99. The Morgan fingerprint density at radius 2 is 1.93 bits per heavy atom. The van der Waals surface area contributed by atoms with Crippen LogP contribution in [0.2, 0.25) is 0 Å². The first-order valence-electron chi connectivity index (χ1n) is 14.7. The summed E-state index contributed by atoms with van der Waals surface area (Å²) in [5.74, 6) is 1.37. The zero-order valence-electron chi connectivity index (χ0n) is 25.6. The van der Waals surface area contributed by atoms with E-state index in [1.165, 1.54) is 18.5 Å². The van der Waals surface area contributed by atoms with Gasteiger partial charge in [0.25, 0.3) is 0 Å². The smallest absolute Gasteiger partial charge is 0.214 e. The maximum absolute atomic E-state index is 13.6. The number of likely N-dealkylation sites (N-methyl/N-ethyl adjacent to an activating group) is 1. The number of hydrogen-bond acceptors (Lipinski definition) is 8. The highest BCUT2D eigenvalue weighted by Gasteiger charge is 2.49. The third-order valence-corrected chi connectivity index (χ3v) is 10.6. The predicted molar refractivity (Wildman–Crippen MR) is 177 cm³/mol. The monoisotopic (exact) mass is 698 g/mol. The Kier molecular flexibility index (Phi) is 9.95. The lowest BCUT2D eigenvalue weighted by atomic mass is 9.81. The molecule has 0 aliphatic carbocycles. The topological polar surface area (TPSA) is 103 Å². The summed E-state index contributed by atoms with van der Waals surface area (Å²) >= 11 is 3.58. The Morgan fingerprint density at radius 3 is 2.58 bits per heavy atom. The van der Waals surface area contributed by atoms with Crippen LogP contribution in [-0.4, -0.2) is 48.1 Å². The summed E-state index contributed by atoms with van der Waals surface area (Å²) in [6, 6.07) is 15.1. The molecular weight excluding hydrogens is 663 g/mol. The minimum Gasteiger partial charge on any atom is -0.496 e. The molecule has 0 saturated carbocycles. The number of ether oxygens (including phenoxy) is 3. The van der Waals surface area contributed by atoms with E-state index in [0.717, 1.165) is 11.3 Å². The van der Waals surface area contributed by atoms with Crippen molar-refractivity contribution in [2.75, 3.05) is 24.7 Å². The van der Waals surface area contributed by atoms with Gasteiger partial charge in [-0.05, 0) is 77.3 Å². The number of sulfonamides is 1. The Hall–Kier alpha value is -3.74. The molecule has 0 bridgehead atoms. The normalized spacial score (nSPS) is 17.0.